The lowest BCUT2D eigenvalue weighted by atomic mass is 9.96. The van der Waals surface area contributed by atoms with Crippen molar-refractivity contribution in [1.29, 1.82) is 0 Å². The van der Waals surface area contributed by atoms with Gasteiger partial charge in [-0.3, -0.25) is 19.1 Å². The molecule has 1 amide bonds. The van der Waals surface area contributed by atoms with Gasteiger partial charge in [0.15, 0.2) is 0 Å². The second kappa shape index (κ2) is 8.73. The first kappa shape index (κ1) is 21.2. The molecule has 2 aliphatic rings. The first-order valence-corrected chi connectivity index (χ1v) is 11.4. The topological polar surface area (TPSA) is 113 Å². The van der Waals surface area contributed by atoms with E-state index in [0.717, 1.165) is 31.4 Å². The van der Waals surface area contributed by atoms with Crippen LogP contribution in [0.2, 0.25) is 0 Å². The Bertz CT molecular complexity index is 1270. The average molecular weight is 450 g/mol. The highest BCUT2D eigenvalue weighted by atomic mass is 16.5. The van der Waals surface area contributed by atoms with Gasteiger partial charge in [0.25, 0.3) is 11.5 Å². The summed E-state index contributed by atoms with van der Waals surface area (Å²) in [4.78, 5) is 42.5. The number of benzene rings is 1. The lowest BCUT2D eigenvalue weighted by molar-refractivity contribution is 0.0680. The predicted molar refractivity (Wildman–Crippen MR) is 123 cm³/mol. The number of fused-ring (bicyclic) bond motifs is 1. The molecule has 3 heterocycles. The minimum Gasteiger partial charge on any atom is -0.361 e. The van der Waals surface area contributed by atoms with Crippen LogP contribution in [-0.4, -0.2) is 38.6 Å². The molecule has 0 atom stereocenters. The number of nitrogens with one attached hydrogen (secondary N) is 2. The van der Waals surface area contributed by atoms with Crippen molar-refractivity contribution >= 4 is 17.4 Å². The number of piperidine rings is 1. The summed E-state index contributed by atoms with van der Waals surface area (Å²) in [6.45, 7) is 3.19. The van der Waals surface area contributed by atoms with Crippen LogP contribution in [0.25, 0.3) is 0 Å². The number of nitrogens with zero attached hydrogens (tertiary/aromatic N) is 3. The van der Waals surface area contributed by atoms with Crippen LogP contribution < -0.4 is 16.6 Å². The third-order valence-corrected chi connectivity index (χ3v) is 6.72. The highest BCUT2D eigenvalue weighted by Gasteiger charge is 2.26. The summed E-state index contributed by atoms with van der Waals surface area (Å²) in [6.07, 6.45) is 6.22. The predicted octanol–water partition coefficient (Wildman–Crippen LogP) is 2.62. The van der Waals surface area contributed by atoms with E-state index >= 15 is 0 Å². The molecule has 2 aromatic heterocycles. The second-order valence-electron chi connectivity index (χ2n) is 8.93. The van der Waals surface area contributed by atoms with E-state index in [1.165, 1.54) is 34.4 Å². The quantitative estimate of drug-likeness (QED) is 0.619. The maximum absolute atomic E-state index is 12.7. The van der Waals surface area contributed by atoms with Crippen LogP contribution in [0.5, 0.6) is 0 Å². The highest BCUT2D eigenvalue weighted by Crippen LogP contribution is 2.26. The normalized spacial score (nSPS) is 16.1. The summed E-state index contributed by atoms with van der Waals surface area (Å²) >= 11 is 0. The fraction of sp³-hybridized carbons (Fsp3) is 0.417. The number of carbonyl (C=O) groups is 1. The lowest BCUT2D eigenvalue weighted by Crippen LogP contribution is -2.42. The Morgan fingerprint density at radius 1 is 1.18 bits per heavy atom. The smallest absolute Gasteiger partial charge is 0.329 e. The molecule has 33 heavy (non-hydrogen) atoms. The number of amides is 1. The summed E-state index contributed by atoms with van der Waals surface area (Å²) in [5.41, 5.74) is 3.27. The number of H-pyrrole nitrogens is 1. The summed E-state index contributed by atoms with van der Waals surface area (Å²) in [5.74, 6) is 0.952. The molecule has 0 bridgehead atoms. The van der Waals surface area contributed by atoms with E-state index in [0.29, 0.717) is 36.8 Å². The Kier molecular flexibility index (Phi) is 5.62. The van der Waals surface area contributed by atoms with Crippen LogP contribution >= 0.6 is 0 Å². The second-order valence-corrected chi connectivity index (χ2v) is 8.93. The van der Waals surface area contributed by atoms with Gasteiger partial charge in [-0.1, -0.05) is 11.2 Å². The number of likely N-dealkylation sites (tertiary alicyclic amines) is 1. The SMILES string of the molecule is Cc1oncc1C(=O)N1CCC(Cn2c(=O)cc(Nc3ccc4c(c3)CCC4)[nH]c2=O)CC1. The van der Waals surface area contributed by atoms with Gasteiger partial charge in [-0.05, 0) is 68.2 Å². The average Bonchev–Trinajstić information content (AvgIpc) is 3.44. The molecule has 0 radical (unpaired) electrons. The van der Waals surface area contributed by atoms with E-state index in [-0.39, 0.29) is 17.4 Å². The zero-order chi connectivity index (χ0) is 22.9. The van der Waals surface area contributed by atoms with Crippen LogP contribution in [0.4, 0.5) is 11.5 Å². The minimum absolute atomic E-state index is 0.0933. The molecule has 0 spiro atoms. The van der Waals surface area contributed by atoms with Gasteiger partial charge in [0.05, 0.1) is 6.20 Å². The van der Waals surface area contributed by atoms with Crippen molar-refractivity contribution in [3.05, 3.63) is 73.8 Å². The third kappa shape index (κ3) is 4.35. The van der Waals surface area contributed by atoms with Gasteiger partial charge in [0.1, 0.15) is 17.1 Å². The van der Waals surface area contributed by atoms with Gasteiger partial charge >= 0.3 is 5.69 Å². The molecule has 0 unspecified atom stereocenters. The molecular formula is C24H27N5O4. The Morgan fingerprint density at radius 3 is 2.70 bits per heavy atom. The van der Waals surface area contributed by atoms with E-state index in [4.69, 9.17) is 4.52 Å². The van der Waals surface area contributed by atoms with Crippen molar-refractivity contribution in [2.75, 3.05) is 18.4 Å². The minimum atomic E-state index is -0.426. The molecule has 3 aromatic rings. The molecule has 1 fully saturated rings. The first-order valence-electron chi connectivity index (χ1n) is 11.4. The molecule has 0 saturated carbocycles. The number of aromatic nitrogens is 3. The number of anilines is 2. The molecule has 5 rings (SSSR count). The molecule has 1 aliphatic carbocycles. The largest absolute Gasteiger partial charge is 0.361 e. The van der Waals surface area contributed by atoms with Crippen LogP contribution in [-0.2, 0) is 19.4 Å². The Morgan fingerprint density at radius 2 is 1.97 bits per heavy atom. The molecule has 2 N–H and O–H groups in total. The van der Waals surface area contributed by atoms with Gasteiger partial charge in [-0.2, -0.15) is 0 Å². The van der Waals surface area contributed by atoms with Crippen molar-refractivity contribution in [2.24, 2.45) is 5.92 Å². The van der Waals surface area contributed by atoms with Crippen LogP contribution in [0.15, 0.2) is 44.6 Å². The molecule has 172 valence electrons. The Balaban J connectivity index is 1.23. The van der Waals surface area contributed by atoms with Crippen molar-refractivity contribution in [2.45, 2.75) is 45.6 Å². The molecule has 9 heteroatoms. The van der Waals surface area contributed by atoms with Gasteiger partial charge in [-0.15, -0.1) is 0 Å². The zero-order valence-corrected chi connectivity index (χ0v) is 18.6. The number of carbonyl (C=O) groups excluding carboxylic acids is 1. The van der Waals surface area contributed by atoms with E-state index in [9.17, 15) is 14.4 Å². The zero-order valence-electron chi connectivity index (χ0n) is 18.6. The third-order valence-electron chi connectivity index (χ3n) is 6.72. The van der Waals surface area contributed by atoms with Crippen LogP contribution in [0, 0.1) is 12.8 Å². The number of hydrogen-bond acceptors (Lipinski definition) is 6. The fourth-order valence-corrected chi connectivity index (χ4v) is 4.82. The van der Waals surface area contributed by atoms with E-state index in [1.807, 2.05) is 6.07 Å². The van der Waals surface area contributed by atoms with E-state index < -0.39 is 5.69 Å². The van der Waals surface area contributed by atoms with Crippen LogP contribution in [0.1, 0.15) is 46.5 Å². The van der Waals surface area contributed by atoms with Gasteiger partial charge in [0, 0.05) is 31.4 Å². The maximum atomic E-state index is 12.7. The van der Waals surface area contributed by atoms with Gasteiger partial charge in [0.2, 0.25) is 0 Å². The summed E-state index contributed by atoms with van der Waals surface area (Å²) < 4.78 is 6.24. The van der Waals surface area contributed by atoms with E-state index in [1.54, 1.807) is 11.8 Å². The number of aromatic amines is 1. The van der Waals surface area contributed by atoms with Gasteiger partial charge in [-0.25, -0.2) is 4.79 Å². The summed E-state index contributed by atoms with van der Waals surface area (Å²) in [6, 6.07) is 7.60. The molecule has 1 aliphatic heterocycles. The number of hydrogen-bond donors (Lipinski definition) is 2. The summed E-state index contributed by atoms with van der Waals surface area (Å²) in [5, 5.41) is 6.83. The molecule has 9 nitrogen and oxygen atoms in total. The molecule has 1 saturated heterocycles. The number of aryl methyl sites for hydroxylation is 3. The first-order chi connectivity index (χ1) is 16.0. The monoisotopic (exact) mass is 449 g/mol. The standard InChI is InChI=1S/C24H27N5O4/c1-15-20(13-25-33-15)23(31)28-9-7-16(8-10-28)14-29-22(30)12-21(27-24(29)32)26-19-6-5-17-3-2-4-18(17)11-19/h5-6,11-13,16,26H,2-4,7-10,14H2,1H3,(H,27,32). The fourth-order valence-electron chi connectivity index (χ4n) is 4.82. The van der Waals surface area contributed by atoms with Crippen molar-refractivity contribution in [3.63, 3.8) is 0 Å². The summed E-state index contributed by atoms with van der Waals surface area (Å²) in [7, 11) is 0. The van der Waals surface area contributed by atoms with Crippen molar-refractivity contribution in [1.82, 2.24) is 19.6 Å². The highest BCUT2D eigenvalue weighted by molar-refractivity contribution is 5.94. The number of rotatable bonds is 5. The molecule has 1 aromatic carbocycles. The van der Waals surface area contributed by atoms with Crippen molar-refractivity contribution < 1.29 is 9.32 Å². The van der Waals surface area contributed by atoms with Crippen molar-refractivity contribution in [3.8, 4) is 0 Å². The maximum Gasteiger partial charge on any atom is 0.329 e. The van der Waals surface area contributed by atoms with Gasteiger partial charge < -0.3 is 14.7 Å². The molecular weight excluding hydrogens is 422 g/mol. The Labute approximate surface area is 190 Å². The Hall–Kier alpha value is -3.62. The lowest BCUT2D eigenvalue weighted by Gasteiger charge is -2.31. The van der Waals surface area contributed by atoms with Crippen LogP contribution in [0.3, 0.4) is 0 Å². The van der Waals surface area contributed by atoms with E-state index in [2.05, 4.69) is 27.6 Å².